The summed E-state index contributed by atoms with van der Waals surface area (Å²) < 4.78 is 2.86. The molecule has 0 aromatic carbocycles. The lowest BCUT2D eigenvalue weighted by Gasteiger charge is -2.02. The first-order chi connectivity index (χ1) is 9.74. The molecule has 0 amide bonds. The second-order valence-electron chi connectivity index (χ2n) is 4.08. The van der Waals surface area contributed by atoms with Gasteiger partial charge in [0, 0.05) is 25.6 Å². The van der Waals surface area contributed by atoms with Crippen LogP contribution < -0.4 is 5.32 Å². The topological polar surface area (TPSA) is 90.5 Å². The van der Waals surface area contributed by atoms with Gasteiger partial charge in [0.2, 0.25) is 12.4 Å². The summed E-state index contributed by atoms with van der Waals surface area (Å²) in [5.74, 6) is 0.441. The first-order valence-electron chi connectivity index (χ1n) is 5.84. The van der Waals surface area contributed by atoms with Crippen molar-refractivity contribution >= 4 is 18.0 Å². The van der Waals surface area contributed by atoms with Gasteiger partial charge in [-0.25, -0.2) is 14.6 Å². The molecule has 0 saturated heterocycles. The van der Waals surface area contributed by atoms with E-state index in [0.717, 1.165) is 5.69 Å². The number of aromatic nitrogens is 6. The Balaban J connectivity index is 1.87. The molecule has 3 aromatic heterocycles. The van der Waals surface area contributed by atoms with E-state index in [1.807, 2.05) is 13.2 Å². The number of nitrogens with zero attached hydrogens (tertiary/aromatic N) is 6. The van der Waals surface area contributed by atoms with Crippen molar-refractivity contribution in [1.29, 1.82) is 0 Å². The molecule has 100 valence electrons. The minimum absolute atomic E-state index is 0.441. The quantitative estimate of drug-likeness (QED) is 0.706. The third kappa shape index (κ3) is 2.39. The fraction of sp³-hybridized carbons (Fsp3) is 0.0833. The highest BCUT2D eigenvalue weighted by Crippen LogP contribution is 2.17. The molecule has 0 radical (unpaired) electrons. The minimum Gasteiger partial charge on any atom is -0.321 e. The summed E-state index contributed by atoms with van der Waals surface area (Å²) in [4.78, 5) is 19.1. The van der Waals surface area contributed by atoms with Crippen molar-refractivity contribution in [2.24, 2.45) is 7.05 Å². The monoisotopic (exact) mass is 269 g/mol. The first-order valence-corrected chi connectivity index (χ1v) is 5.84. The molecule has 0 fully saturated rings. The van der Waals surface area contributed by atoms with Crippen LogP contribution in [0.5, 0.6) is 0 Å². The molecule has 0 aliphatic heterocycles. The van der Waals surface area contributed by atoms with Crippen molar-refractivity contribution in [3.05, 3.63) is 36.9 Å². The van der Waals surface area contributed by atoms with Gasteiger partial charge in [0.05, 0.1) is 17.6 Å². The number of aryl methyl sites for hydroxylation is 1. The molecule has 0 atom stereocenters. The van der Waals surface area contributed by atoms with Crippen molar-refractivity contribution in [3.63, 3.8) is 0 Å². The summed E-state index contributed by atoms with van der Waals surface area (Å²) in [7, 11) is 1.83. The van der Waals surface area contributed by atoms with Crippen molar-refractivity contribution in [2.75, 3.05) is 5.32 Å². The predicted octanol–water partition coefficient (Wildman–Crippen LogP) is 0.855. The van der Waals surface area contributed by atoms with Crippen LogP contribution in [-0.4, -0.2) is 35.9 Å². The molecule has 3 heterocycles. The SMILES string of the molecule is Cn1cc(Nc2nccc(-c3ccn(C=O)n3)n2)cn1. The largest absolute Gasteiger partial charge is 0.321 e. The number of anilines is 2. The van der Waals surface area contributed by atoms with Gasteiger partial charge in [-0.15, -0.1) is 0 Å². The summed E-state index contributed by atoms with van der Waals surface area (Å²) in [6.45, 7) is 0. The van der Waals surface area contributed by atoms with Crippen LogP contribution in [-0.2, 0) is 11.8 Å². The molecule has 3 rings (SSSR count). The summed E-state index contributed by atoms with van der Waals surface area (Å²) in [5, 5.41) is 11.2. The van der Waals surface area contributed by atoms with E-state index in [-0.39, 0.29) is 0 Å². The maximum absolute atomic E-state index is 10.6. The Kier molecular flexibility index (Phi) is 2.96. The summed E-state index contributed by atoms with van der Waals surface area (Å²) in [6, 6.07) is 3.44. The van der Waals surface area contributed by atoms with Crippen LogP contribution in [0, 0.1) is 0 Å². The van der Waals surface area contributed by atoms with Crippen molar-refractivity contribution in [1.82, 2.24) is 29.5 Å². The van der Waals surface area contributed by atoms with Gasteiger partial charge in [-0.2, -0.15) is 10.2 Å². The van der Waals surface area contributed by atoms with E-state index in [4.69, 9.17) is 0 Å². The average Bonchev–Trinajstić information content (AvgIpc) is 3.08. The van der Waals surface area contributed by atoms with Crippen molar-refractivity contribution in [2.45, 2.75) is 0 Å². The molecule has 0 aliphatic rings. The Bertz CT molecular complexity index is 746. The highest BCUT2D eigenvalue weighted by atomic mass is 16.1. The number of hydrogen-bond donors (Lipinski definition) is 1. The normalized spacial score (nSPS) is 10.4. The molecule has 8 nitrogen and oxygen atoms in total. The molecule has 0 spiro atoms. The van der Waals surface area contributed by atoms with Crippen LogP contribution in [0.1, 0.15) is 0 Å². The Labute approximate surface area is 114 Å². The smallest absolute Gasteiger partial charge is 0.234 e. The summed E-state index contributed by atoms with van der Waals surface area (Å²) in [6.07, 6.45) is 7.31. The molecule has 8 heteroatoms. The van der Waals surface area contributed by atoms with Gasteiger partial charge in [-0.1, -0.05) is 0 Å². The van der Waals surface area contributed by atoms with E-state index < -0.39 is 0 Å². The zero-order valence-corrected chi connectivity index (χ0v) is 10.6. The second kappa shape index (κ2) is 4.92. The lowest BCUT2D eigenvalue weighted by atomic mass is 10.3. The van der Waals surface area contributed by atoms with Crippen molar-refractivity contribution in [3.8, 4) is 11.4 Å². The molecule has 0 saturated carbocycles. The third-order valence-electron chi connectivity index (χ3n) is 2.60. The second-order valence-corrected chi connectivity index (χ2v) is 4.08. The average molecular weight is 269 g/mol. The van der Waals surface area contributed by atoms with E-state index in [0.29, 0.717) is 23.7 Å². The van der Waals surface area contributed by atoms with Crippen molar-refractivity contribution < 1.29 is 4.79 Å². The summed E-state index contributed by atoms with van der Waals surface area (Å²) >= 11 is 0. The number of nitrogens with one attached hydrogen (secondary N) is 1. The van der Waals surface area contributed by atoms with E-state index in [9.17, 15) is 4.79 Å². The molecule has 0 aliphatic carbocycles. The van der Waals surface area contributed by atoms with Gasteiger partial charge in [-0.3, -0.25) is 9.48 Å². The maximum Gasteiger partial charge on any atom is 0.234 e. The van der Waals surface area contributed by atoms with Gasteiger partial charge >= 0.3 is 0 Å². The third-order valence-corrected chi connectivity index (χ3v) is 2.60. The highest BCUT2D eigenvalue weighted by molar-refractivity contribution is 5.60. The first kappa shape index (κ1) is 12.0. The Morgan fingerprint density at radius 3 is 2.90 bits per heavy atom. The van der Waals surface area contributed by atoms with E-state index in [1.165, 1.54) is 4.68 Å². The Hall–Kier alpha value is -3.03. The molecule has 20 heavy (non-hydrogen) atoms. The van der Waals surface area contributed by atoms with Gasteiger partial charge in [0.15, 0.2) is 0 Å². The maximum atomic E-state index is 10.6. The van der Waals surface area contributed by atoms with Gasteiger partial charge in [-0.05, 0) is 12.1 Å². The lowest BCUT2D eigenvalue weighted by molar-refractivity contribution is 0.541. The number of carbonyl (C=O) groups excluding carboxylic acids is 1. The molecular formula is C12H11N7O. The Morgan fingerprint density at radius 2 is 2.20 bits per heavy atom. The predicted molar refractivity (Wildman–Crippen MR) is 71.9 cm³/mol. The van der Waals surface area contributed by atoms with E-state index in [1.54, 1.807) is 35.4 Å². The highest BCUT2D eigenvalue weighted by Gasteiger charge is 2.06. The van der Waals surface area contributed by atoms with Crippen LogP contribution >= 0.6 is 0 Å². The molecule has 0 bridgehead atoms. The van der Waals surface area contributed by atoms with Crippen LogP contribution in [0.15, 0.2) is 36.9 Å². The van der Waals surface area contributed by atoms with Gasteiger partial charge in [0.1, 0.15) is 5.69 Å². The van der Waals surface area contributed by atoms with Crippen LogP contribution in [0.3, 0.4) is 0 Å². The van der Waals surface area contributed by atoms with Gasteiger partial charge in [0.25, 0.3) is 0 Å². The molecule has 3 aromatic rings. The van der Waals surface area contributed by atoms with Crippen LogP contribution in [0.25, 0.3) is 11.4 Å². The van der Waals surface area contributed by atoms with Gasteiger partial charge < -0.3 is 5.32 Å². The number of carbonyl (C=O) groups is 1. The lowest BCUT2D eigenvalue weighted by Crippen LogP contribution is -1.98. The molecule has 0 unspecified atom stereocenters. The standard InChI is InChI=1S/C12H11N7O/c1-18-7-9(6-14-18)15-12-13-4-2-10(16-12)11-3-5-19(8-20)17-11/h2-8H,1H3,(H,13,15,16). The fourth-order valence-corrected chi connectivity index (χ4v) is 1.71. The van der Waals surface area contributed by atoms with E-state index >= 15 is 0 Å². The van der Waals surface area contributed by atoms with Crippen LogP contribution in [0.2, 0.25) is 0 Å². The zero-order valence-electron chi connectivity index (χ0n) is 10.6. The van der Waals surface area contributed by atoms with E-state index in [2.05, 4.69) is 25.5 Å². The number of rotatable bonds is 4. The summed E-state index contributed by atoms with van der Waals surface area (Å²) in [5.41, 5.74) is 2.03. The molecule has 1 N–H and O–H groups in total. The number of hydrogen-bond acceptors (Lipinski definition) is 6. The minimum atomic E-state index is 0.441. The fourth-order valence-electron chi connectivity index (χ4n) is 1.71. The van der Waals surface area contributed by atoms with Crippen LogP contribution in [0.4, 0.5) is 11.6 Å². The molecular weight excluding hydrogens is 258 g/mol. The zero-order chi connectivity index (χ0) is 13.9. The Morgan fingerprint density at radius 1 is 1.30 bits per heavy atom.